The lowest BCUT2D eigenvalue weighted by Gasteiger charge is -2.26. The molecular weight excluding hydrogens is 414 g/mol. The monoisotopic (exact) mass is 434 g/mol. The molecule has 31 heavy (non-hydrogen) atoms. The molecule has 0 radical (unpaired) electrons. The molecule has 9 nitrogen and oxygen atoms in total. The molecule has 0 bridgehead atoms. The summed E-state index contributed by atoms with van der Waals surface area (Å²) >= 11 is 0. The van der Waals surface area contributed by atoms with Crippen LogP contribution in [-0.4, -0.2) is 66.1 Å². The summed E-state index contributed by atoms with van der Waals surface area (Å²) in [4.78, 5) is 26.3. The zero-order valence-corrected chi connectivity index (χ0v) is 16.4. The van der Waals surface area contributed by atoms with Crippen molar-refractivity contribution in [3.05, 3.63) is 47.7 Å². The van der Waals surface area contributed by atoms with Crippen molar-refractivity contribution in [2.24, 2.45) is 0 Å². The maximum atomic E-state index is 14.8. The van der Waals surface area contributed by atoms with Gasteiger partial charge in [-0.3, -0.25) is 9.69 Å². The van der Waals surface area contributed by atoms with E-state index in [4.69, 9.17) is 14.4 Å². The molecule has 0 saturated carbocycles. The normalized spacial score (nSPS) is 18.7. The Morgan fingerprint density at radius 2 is 2.10 bits per heavy atom. The predicted octanol–water partition coefficient (Wildman–Crippen LogP) is 2.00. The van der Waals surface area contributed by atoms with Crippen LogP contribution in [0, 0.1) is 11.6 Å². The van der Waals surface area contributed by atoms with Gasteiger partial charge < -0.3 is 24.6 Å². The number of hydrogen-bond donors (Lipinski definition) is 2. The van der Waals surface area contributed by atoms with Gasteiger partial charge in [0.1, 0.15) is 30.6 Å². The highest BCUT2D eigenvalue weighted by atomic mass is 19.1. The van der Waals surface area contributed by atoms with Crippen molar-refractivity contribution in [2.45, 2.75) is 12.5 Å². The smallest absolute Gasteiger partial charge is 0.414 e. The number of amides is 2. The second kappa shape index (κ2) is 8.72. The molecule has 1 fully saturated rings. The summed E-state index contributed by atoms with van der Waals surface area (Å²) in [6.07, 6.45) is 1.97. The Labute approximate surface area is 175 Å². The van der Waals surface area contributed by atoms with Gasteiger partial charge in [0.2, 0.25) is 5.91 Å². The lowest BCUT2D eigenvalue weighted by molar-refractivity contribution is -0.133. The Morgan fingerprint density at radius 1 is 1.32 bits per heavy atom. The van der Waals surface area contributed by atoms with Crippen molar-refractivity contribution in [3.63, 3.8) is 0 Å². The molecule has 4 rings (SSSR count). The number of anilines is 2. The molecule has 0 aliphatic carbocycles. The maximum absolute atomic E-state index is 14.8. The van der Waals surface area contributed by atoms with Crippen molar-refractivity contribution < 1.29 is 32.7 Å². The average Bonchev–Trinajstić information content (AvgIpc) is 3.41. The van der Waals surface area contributed by atoms with E-state index in [1.807, 2.05) is 0 Å². The van der Waals surface area contributed by atoms with Crippen LogP contribution in [0.2, 0.25) is 0 Å². The summed E-state index contributed by atoms with van der Waals surface area (Å²) in [5.41, 5.74) is 0.306. The Morgan fingerprint density at radius 3 is 2.71 bits per heavy atom. The van der Waals surface area contributed by atoms with Gasteiger partial charge in [-0.15, -0.1) is 0 Å². The van der Waals surface area contributed by atoms with Crippen LogP contribution >= 0.6 is 0 Å². The first-order valence-electron chi connectivity index (χ1n) is 9.65. The Bertz CT molecular complexity index is 988. The van der Waals surface area contributed by atoms with E-state index in [1.165, 1.54) is 16.1 Å². The molecule has 2 aliphatic heterocycles. The first kappa shape index (κ1) is 20.8. The average molecular weight is 434 g/mol. The van der Waals surface area contributed by atoms with Crippen LogP contribution in [0.3, 0.4) is 0 Å². The maximum Gasteiger partial charge on any atom is 0.414 e. The number of nitrogens with one attached hydrogen (secondary N) is 1. The van der Waals surface area contributed by atoms with Gasteiger partial charge in [0.15, 0.2) is 5.82 Å². The third-order valence-corrected chi connectivity index (χ3v) is 5.18. The van der Waals surface area contributed by atoms with E-state index in [2.05, 4.69) is 10.5 Å². The van der Waals surface area contributed by atoms with Gasteiger partial charge in [0.25, 0.3) is 0 Å². The molecule has 1 saturated heterocycles. The number of cyclic esters (lactones) is 1. The summed E-state index contributed by atoms with van der Waals surface area (Å²) in [6, 6.07) is 3.80. The second-order valence-electron chi connectivity index (χ2n) is 7.14. The van der Waals surface area contributed by atoms with E-state index >= 15 is 0 Å². The van der Waals surface area contributed by atoms with Gasteiger partial charge in [0.05, 0.1) is 18.8 Å². The fourth-order valence-corrected chi connectivity index (χ4v) is 3.61. The van der Waals surface area contributed by atoms with Crippen molar-refractivity contribution in [1.29, 1.82) is 0 Å². The summed E-state index contributed by atoms with van der Waals surface area (Å²) in [6.45, 7) is 0.177. The molecule has 3 heterocycles. The summed E-state index contributed by atoms with van der Waals surface area (Å²) in [7, 11) is 0. The molecule has 1 atom stereocenters. The molecule has 2 aliphatic rings. The SMILES string of the molecule is O=C(CO)N1CC=C(c2c(F)cc(N3C[C@H](CNc4ccon4)OC3=O)cc2F)CC1. The highest BCUT2D eigenvalue weighted by Crippen LogP contribution is 2.32. The number of benzene rings is 1. The van der Waals surface area contributed by atoms with E-state index in [0.717, 1.165) is 12.1 Å². The van der Waals surface area contributed by atoms with Gasteiger partial charge in [-0.1, -0.05) is 11.2 Å². The molecule has 2 amide bonds. The van der Waals surface area contributed by atoms with Crippen LogP contribution in [0.15, 0.2) is 35.1 Å². The van der Waals surface area contributed by atoms with Gasteiger partial charge in [-0.2, -0.15) is 0 Å². The van der Waals surface area contributed by atoms with Crippen molar-refractivity contribution >= 4 is 29.1 Å². The Balaban J connectivity index is 1.46. The molecule has 1 aromatic carbocycles. The highest BCUT2D eigenvalue weighted by molar-refractivity contribution is 5.90. The zero-order valence-electron chi connectivity index (χ0n) is 16.4. The van der Waals surface area contributed by atoms with Gasteiger partial charge in [-0.25, -0.2) is 13.6 Å². The van der Waals surface area contributed by atoms with Crippen LogP contribution < -0.4 is 10.2 Å². The second-order valence-corrected chi connectivity index (χ2v) is 7.14. The third kappa shape index (κ3) is 4.36. The van der Waals surface area contributed by atoms with Gasteiger partial charge >= 0.3 is 6.09 Å². The van der Waals surface area contributed by atoms with Gasteiger partial charge in [-0.05, 0) is 24.1 Å². The number of carbonyl (C=O) groups excluding carboxylic acids is 2. The van der Waals surface area contributed by atoms with Crippen LogP contribution in [0.25, 0.3) is 5.57 Å². The number of rotatable bonds is 6. The Kier molecular flexibility index (Phi) is 5.85. The number of aliphatic hydroxyl groups is 1. The molecule has 164 valence electrons. The topological polar surface area (TPSA) is 108 Å². The minimum atomic E-state index is -0.805. The zero-order chi connectivity index (χ0) is 22.0. The lowest BCUT2D eigenvalue weighted by atomic mass is 9.97. The van der Waals surface area contributed by atoms with Crippen LogP contribution in [0.4, 0.5) is 25.1 Å². The lowest BCUT2D eigenvalue weighted by Crippen LogP contribution is -2.36. The molecule has 2 N–H and O–H groups in total. The van der Waals surface area contributed by atoms with Crippen LogP contribution in [0.1, 0.15) is 12.0 Å². The number of carbonyl (C=O) groups is 2. The number of hydrogen-bond acceptors (Lipinski definition) is 7. The molecule has 11 heteroatoms. The summed E-state index contributed by atoms with van der Waals surface area (Å²) < 4.78 is 39.6. The minimum Gasteiger partial charge on any atom is -0.442 e. The first-order chi connectivity index (χ1) is 15.0. The van der Waals surface area contributed by atoms with Crippen molar-refractivity contribution in [3.8, 4) is 0 Å². The standard InChI is InChI=1S/C20H20F2N4O5/c21-15-7-13(26-10-14(31-20(26)29)9-23-17-3-6-30-24-17)8-16(22)19(15)12-1-4-25(5-2-12)18(28)11-27/h1,3,6-8,14,27H,2,4-5,9-11H2,(H,23,24)/t14-/m0/s1. The molecule has 2 aromatic rings. The van der Waals surface area contributed by atoms with Crippen molar-refractivity contribution in [1.82, 2.24) is 10.1 Å². The fourth-order valence-electron chi connectivity index (χ4n) is 3.61. The summed E-state index contributed by atoms with van der Waals surface area (Å²) in [5.74, 6) is -1.57. The number of ether oxygens (including phenoxy) is 1. The van der Waals surface area contributed by atoms with Crippen molar-refractivity contribution in [2.75, 3.05) is 43.0 Å². The fraction of sp³-hybridized carbons (Fsp3) is 0.350. The largest absolute Gasteiger partial charge is 0.442 e. The predicted molar refractivity (Wildman–Crippen MR) is 105 cm³/mol. The number of halogens is 2. The minimum absolute atomic E-state index is 0.0566. The van der Waals surface area contributed by atoms with Gasteiger partial charge in [0, 0.05) is 24.7 Å². The highest BCUT2D eigenvalue weighted by Gasteiger charge is 2.33. The molecule has 0 unspecified atom stereocenters. The van der Waals surface area contributed by atoms with Crippen LogP contribution in [0.5, 0.6) is 0 Å². The molecule has 0 spiro atoms. The summed E-state index contributed by atoms with van der Waals surface area (Å²) in [5, 5.41) is 15.6. The Hall–Kier alpha value is -3.47. The van der Waals surface area contributed by atoms with E-state index in [0.29, 0.717) is 11.4 Å². The molecular formula is C20H20F2N4O5. The van der Waals surface area contributed by atoms with E-state index in [9.17, 15) is 18.4 Å². The van der Waals surface area contributed by atoms with E-state index < -0.39 is 36.3 Å². The van der Waals surface area contributed by atoms with E-state index in [-0.39, 0.29) is 43.9 Å². The quantitative estimate of drug-likeness (QED) is 0.716. The van der Waals surface area contributed by atoms with Crippen LogP contribution in [-0.2, 0) is 9.53 Å². The molecule has 1 aromatic heterocycles. The first-order valence-corrected chi connectivity index (χ1v) is 9.65. The van der Waals surface area contributed by atoms with E-state index in [1.54, 1.807) is 12.1 Å². The number of aromatic nitrogens is 1. The third-order valence-electron chi connectivity index (χ3n) is 5.18. The number of aliphatic hydroxyl groups excluding tert-OH is 1. The number of nitrogens with zero attached hydrogens (tertiary/aromatic N) is 3.